The first-order valence-corrected chi connectivity index (χ1v) is 8.76. The highest BCUT2D eigenvalue weighted by Crippen LogP contribution is 2.26. The zero-order chi connectivity index (χ0) is 17.1. The number of fused-ring (bicyclic) bond motifs is 1. The molecule has 1 aliphatic rings. The van der Waals surface area contributed by atoms with Crippen LogP contribution in [0.1, 0.15) is 18.4 Å². The van der Waals surface area contributed by atoms with Crippen LogP contribution in [0.3, 0.4) is 0 Å². The van der Waals surface area contributed by atoms with Crippen LogP contribution < -0.4 is 4.90 Å². The fourth-order valence-electron chi connectivity index (χ4n) is 3.71. The van der Waals surface area contributed by atoms with Crippen molar-refractivity contribution in [3.8, 4) is 0 Å². The van der Waals surface area contributed by atoms with E-state index in [0.717, 1.165) is 43.2 Å². The lowest BCUT2D eigenvalue weighted by Crippen LogP contribution is -2.40. The van der Waals surface area contributed by atoms with Gasteiger partial charge in [-0.1, -0.05) is 6.07 Å². The monoisotopic (exact) mass is 337 g/mol. The minimum Gasteiger partial charge on any atom is -0.354 e. The maximum absolute atomic E-state index is 4.51. The van der Waals surface area contributed by atoms with Crippen molar-refractivity contribution >= 4 is 17.0 Å². The third-order valence-corrected chi connectivity index (χ3v) is 4.77. The second-order valence-corrected chi connectivity index (χ2v) is 6.81. The van der Waals surface area contributed by atoms with E-state index in [1.54, 1.807) is 12.7 Å². The van der Waals surface area contributed by atoms with E-state index < -0.39 is 0 Å². The summed E-state index contributed by atoms with van der Waals surface area (Å²) in [4.78, 5) is 25.1. The van der Waals surface area contributed by atoms with Crippen LogP contribution in [0.5, 0.6) is 0 Å². The Bertz CT molecular complexity index is 816. The molecule has 130 valence electrons. The molecule has 0 aliphatic carbocycles. The molecule has 0 bridgehead atoms. The maximum Gasteiger partial charge on any atom is 0.182 e. The molecule has 1 unspecified atom stereocenters. The fraction of sp³-hybridized carbons (Fsp3) is 0.444. The van der Waals surface area contributed by atoms with Gasteiger partial charge in [0, 0.05) is 38.6 Å². The second kappa shape index (κ2) is 7.14. The molecule has 0 spiro atoms. The fourth-order valence-corrected chi connectivity index (χ4v) is 3.71. The van der Waals surface area contributed by atoms with Crippen molar-refractivity contribution in [2.45, 2.75) is 19.4 Å². The van der Waals surface area contributed by atoms with Crippen LogP contribution in [0, 0.1) is 5.92 Å². The largest absolute Gasteiger partial charge is 0.354 e. The van der Waals surface area contributed by atoms with E-state index in [-0.39, 0.29) is 0 Å². The second-order valence-electron chi connectivity index (χ2n) is 6.81. The summed E-state index contributed by atoms with van der Waals surface area (Å²) in [6.07, 6.45) is 9.50. The first-order chi connectivity index (χ1) is 12.3. The molecule has 1 aliphatic heterocycles. The summed E-state index contributed by atoms with van der Waals surface area (Å²) in [7, 11) is 2.18. The van der Waals surface area contributed by atoms with E-state index in [1.165, 1.54) is 18.4 Å². The molecule has 4 rings (SSSR count). The van der Waals surface area contributed by atoms with Crippen LogP contribution in [0.15, 0.2) is 37.2 Å². The van der Waals surface area contributed by atoms with Crippen molar-refractivity contribution in [3.05, 3.63) is 42.7 Å². The summed E-state index contributed by atoms with van der Waals surface area (Å²) in [6, 6.07) is 4.13. The molecular weight excluding hydrogens is 314 g/mol. The molecule has 25 heavy (non-hydrogen) atoms. The van der Waals surface area contributed by atoms with Crippen LogP contribution >= 0.6 is 0 Å². The molecule has 0 amide bonds. The van der Waals surface area contributed by atoms with Gasteiger partial charge in [0.2, 0.25) is 0 Å². The van der Waals surface area contributed by atoms with Gasteiger partial charge in [0.15, 0.2) is 11.5 Å². The summed E-state index contributed by atoms with van der Waals surface area (Å²) in [5.74, 6) is 1.60. The topological polar surface area (TPSA) is 73.8 Å². The van der Waals surface area contributed by atoms with Gasteiger partial charge in [0.05, 0.1) is 6.33 Å². The predicted molar refractivity (Wildman–Crippen MR) is 97.2 cm³/mol. The van der Waals surface area contributed by atoms with Gasteiger partial charge in [-0.15, -0.1) is 0 Å². The van der Waals surface area contributed by atoms with Crippen molar-refractivity contribution in [1.82, 2.24) is 29.8 Å². The number of H-pyrrole nitrogens is 1. The molecule has 1 N–H and O–H groups in total. The molecule has 0 aromatic carbocycles. The Morgan fingerprint density at radius 3 is 3.16 bits per heavy atom. The van der Waals surface area contributed by atoms with E-state index >= 15 is 0 Å². The highest BCUT2D eigenvalue weighted by molar-refractivity contribution is 5.82. The van der Waals surface area contributed by atoms with Gasteiger partial charge in [0.25, 0.3) is 0 Å². The first kappa shape index (κ1) is 16.0. The van der Waals surface area contributed by atoms with Gasteiger partial charge >= 0.3 is 0 Å². The average molecular weight is 337 g/mol. The van der Waals surface area contributed by atoms with Crippen LogP contribution in [0.25, 0.3) is 11.2 Å². The molecule has 0 saturated carbocycles. The van der Waals surface area contributed by atoms with Crippen LogP contribution in [-0.2, 0) is 6.54 Å². The van der Waals surface area contributed by atoms with Gasteiger partial charge in [-0.25, -0.2) is 15.0 Å². The lowest BCUT2D eigenvalue weighted by atomic mass is 9.97. The van der Waals surface area contributed by atoms with Crippen LogP contribution in [0.4, 0.5) is 5.82 Å². The Hall–Kier alpha value is -2.54. The number of nitrogens with zero attached hydrogens (tertiary/aromatic N) is 6. The van der Waals surface area contributed by atoms with E-state index in [1.807, 2.05) is 18.5 Å². The summed E-state index contributed by atoms with van der Waals surface area (Å²) >= 11 is 0. The summed E-state index contributed by atoms with van der Waals surface area (Å²) in [6.45, 7) is 4.06. The summed E-state index contributed by atoms with van der Waals surface area (Å²) in [5, 5.41) is 0. The van der Waals surface area contributed by atoms with E-state index in [2.05, 4.69) is 47.8 Å². The Labute approximate surface area is 147 Å². The third kappa shape index (κ3) is 3.61. The third-order valence-electron chi connectivity index (χ3n) is 4.77. The summed E-state index contributed by atoms with van der Waals surface area (Å²) in [5.41, 5.74) is 2.93. The number of imidazole rings is 1. The van der Waals surface area contributed by atoms with E-state index in [4.69, 9.17) is 0 Å². The van der Waals surface area contributed by atoms with Crippen molar-refractivity contribution in [2.24, 2.45) is 5.92 Å². The number of aromatic nitrogens is 5. The molecule has 4 heterocycles. The van der Waals surface area contributed by atoms with Crippen molar-refractivity contribution < 1.29 is 0 Å². The minimum atomic E-state index is 0.628. The average Bonchev–Trinajstić information content (AvgIpc) is 3.11. The van der Waals surface area contributed by atoms with E-state index in [9.17, 15) is 0 Å². The first-order valence-electron chi connectivity index (χ1n) is 8.76. The maximum atomic E-state index is 4.51. The van der Waals surface area contributed by atoms with E-state index in [0.29, 0.717) is 5.92 Å². The molecule has 0 radical (unpaired) electrons. The van der Waals surface area contributed by atoms with Crippen LogP contribution in [0.2, 0.25) is 0 Å². The molecule has 7 nitrogen and oxygen atoms in total. The van der Waals surface area contributed by atoms with Gasteiger partial charge in [0.1, 0.15) is 11.8 Å². The summed E-state index contributed by atoms with van der Waals surface area (Å²) < 4.78 is 0. The quantitative estimate of drug-likeness (QED) is 0.768. The van der Waals surface area contributed by atoms with Crippen LogP contribution in [-0.4, -0.2) is 56.5 Å². The molecular formula is C18H23N7. The zero-order valence-corrected chi connectivity index (χ0v) is 14.5. The number of nitrogens with one attached hydrogen (secondary N) is 1. The van der Waals surface area contributed by atoms with Gasteiger partial charge in [-0.3, -0.25) is 4.98 Å². The molecule has 3 aromatic heterocycles. The number of hydrogen-bond acceptors (Lipinski definition) is 6. The highest BCUT2D eigenvalue weighted by atomic mass is 15.2. The normalized spacial score (nSPS) is 18.2. The smallest absolute Gasteiger partial charge is 0.182 e. The zero-order valence-electron chi connectivity index (χ0n) is 14.5. The Morgan fingerprint density at radius 1 is 1.32 bits per heavy atom. The molecule has 1 atom stereocenters. The van der Waals surface area contributed by atoms with Crippen molar-refractivity contribution in [1.29, 1.82) is 0 Å². The molecule has 3 aromatic rings. The number of piperidine rings is 1. The molecule has 1 saturated heterocycles. The molecule has 7 heteroatoms. The van der Waals surface area contributed by atoms with Crippen molar-refractivity contribution in [2.75, 3.05) is 31.6 Å². The number of pyridine rings is 1. The number of rotatable bonds is 5. The van der Waals surface area contributed by atoms with Gasteiger partial charge < -0.3 is 14.8 Å². The highest BCUT2D eigenvalue weighted by Gasteiger charge is 2.24. The lowest BCUT2D eigenvalue weighted by molar-refractivity contribution is 0.247. The Kier molecular flexibility index (Phi) is 4.56. The molecule has 1 fully saturated rings. The predicted octanol–water partition coefficient (Wildman–Crippen LogP) is 2.10. The number of aromatic amines is 1. The number of anilines is 1. The lowest BCUT2D eigenvalue weighted by Gasteiger charge is -2.35. The van der Waals surface area contributed by atoms with Gasteiger partial charge in [-0.05, 0) is 37.4 Å². The Balaban J connectivity index is 1.42. The standard InChI is InChI=1S/C18H23N7/c1-24(9-14-4-2-6-19-8-14)10-15-5-3-7-25(11-15)18-16-17(21-12-20-16)22-13-23-18/h2,4,6,8,12-13,15H,3,5,7,9-11H2,1H3,(H,20,21,22,23). The minimum absolute atomic E-state index is 0.628. The van der Waals surface area contributed by atoms with Gasteiger partial charge in [-0.2, -0.15) is 0 Å². The van der Waals surface area contributed by atoms with Crippen molar-refractivity contribution in [3.63, 3.8) is 0 Å². The Morgan fingerprint density at radius 2 is 2.28 bits per heavy atom. The SMILES string of the molecule is CN(Cc1cccnc1)CC1CCCN(c2ncnc3nc[nH]c23)C1. The number of hydrogen-bond donors (Lipinski definition) is 1.